The highest BCUT2D eigenvalue weighted by Gasteiger charge is 2.44. The lowest BCUT2D eigenvalue weighted by Crippen LogP contribution is -2.41. The summed E-state index contributed by atoms with van der Waals surface area (Å²) in [5, 5.41) is 4.44. The minimum absolute atomic E-state index is 0.0266. The molecule has 10 heteroatoms. The molecule has 1 saturated carbocycles. The number of benzene rings is 1. The van der Waals surface area contributed by atoms with Gasteiger partial charge in [0.2, 0.25) is 5.43 Å². The number of furan rings is 1. The van der Waals surface area contributed by atoms with Crippen molar-refractivity contribution in [3.05, 3.63) is 93.8 Å². The Labute approximate surface area is 186 Å². The molecular weight excluding hydrogens is 439 g/mol. The van der Waals surface area contributed by atoms with Crippen molar-refractivity contribution in [2.75, 3.05) is 0 Å². The average Bonchev–Trinajstić information content (AvgIpc) is 3.50. The highest BCUT2D eigenvalue weighted by atomic mass is 19.4. The van der Waals surface area contributed by atoms with E-state index in [1.807, 2.05) is 11.4 Å². The lowest BCUT2D eigenvalue weighted by atomic mass is 10.1. The van der Waals surface area contributed by atoms with Gasteiger partial charge in [-0.05, 0) is 30.5 Å². The summed E-state index contributed by atoms with van der Waals surface area (Å²) in [5.74, 6) is -2.48. The summed E-state index contributed by atoms with van der Waals surface area (Å²) in [7, 11) is 0. The van der Waals surface area contributed by atoms with E-state index in [1.165, 1.54) is 23.0 Å². The maximum absolute atomic E-state index is 13.5. The number of hydrogen-bond donors (Lipinski definition) is 2. The van der Waals surface area contributed by atoms with Crippen LogP contribution in [0.3, 0.4) is 0 Å². The molecule has 2 amide bonds. The van der Waals surface area contributed by atoms with E-state index in [2.05, 4.69) is 5.32 Å². The van der Waals surface area contributed by atoms with E-state index in [0.717, 1.165) is 30.7 Å². The Morgan fingerprint density at radius 1 is 1.03 bits per heavy atom. The third kappa shape index (κ3) is 5.16. The average molecular weight is 459 g/mol. The molecule has 2 heterocycles. The van der Waals surface area contributed by atoms with Crippen molar-refractivity contribution in [3.8, 4) is 0 Å². The number of rotatable bonds is 7. The van der Waals surface area contributed by atoms with E-state index in [0.29, 0.717) is 0 Å². The van der Waals surface area contributed by atoms with Crippen LogP contribution in [0.4, 0.5) is 13.2 Å². The zero-order valence-corrected chi connectivity index (χ0v) is 17.3. The van der Waals surface area contributed by atoms with Crippen LogP contribution < -0.4 is 16.1 Å². The molecule has 1 aliphatic carbocycles. The highest BCUT2D eigenvalue weighted by molar-refractivity contribution is 5.99. The maximum atomic E-state index is 13.5. The van der Waals surface area contributed by atoms with E-state index in [-0.39, 0.29) is 18.2 Å². The van der Waals surface area contributed by atoms with Gasteiger partial charge in [-0.1, -0.05) is 30.3 Å². The van der Waals surface area contributed by atoms with Crippen LogP contribution in [0.2, 0.25) is 0 Å². The van der Waals surface area contributed by atoms with Gasteiger partial charge in [-0.3, -0.25) is 14.4 Å². The Morgan fingerprint density at radius 3 is 2.27 bits per heavy atom. The molecule has 0 bridgehead atoms. The van der Waals surface area contributed by atoms with Crippen molar-refractivity contribution in [2.45, 2.75) is 37.6 Å². The summed E-state index contributed by atoms with van der Waals surface area (Å²) < 4.78 is 46.9. The first kappa shape index (κ1) is 22.4. The molecule has 2 N–H and O–H groups in total. The lowest BCUT2D eigenvalue weighted by molar-refractivity contribution is -0.159. The van der Waals surface area contributed by atoms with Gasteiger partial charge in [0.15, 0.2) is 6.04 Å². The third-order valence-electron chi connectivity index (χ3n) is 5.23. The van der Waals surface area contributed by atoms with E-state index in [9.17, 15) is 27.6 Å². The molecule has 0 aliphatic heterocycles. The van der Waals surface area contributed by atoms with Crippen molar-refractivity contribution in [2.24, 2.45) is 0 Å². The molecule has 1 fully saturated rings. The third-order valence-corrected chi connectivity index (χ3v) is 5.23. The van der Waals surface area contributed by atoms with Gasteiger partial charge in [-0.2, -0.15) is 13.2 Å². The quantitative estimate of drug-likeness (QED) is 0.563. The van der Waals surface area contributed by atoms with E-state index in [1.54, 1.807) is 24.3 Å². The van der Waals surface area contributed by atoms with Crippen LogP contribution in [0, 0.1) is 0 Å². The summed E-state index contributed by atoms with van der Waals surface area (Å²) in [6.07, 6.45) is 0.272. The highest BCUT2D eigenvalue weighted by Crippen LogP contribution is 2.35. The molecule has 0 radical (unpaired) electrons. The predicted molar refractivity (Wildman–Crippen MR) is 112 cm³/mol. The summed E-state index contributed by atoms with van der Waals surface area (Å²) in [5.41, 5.74) is -1.01. The standard InChI is InChI=1S/C23H20F3N3O4/c24-23(25,26)20(18-7-4-10-33-18)28-22(32)17-13-29(15-8-9-15)12-16(19(17)30)21(31)27-11-14-5-2-1-3-6-14/h1-7,10,12-13,15,20H,8-9,11H2,(H,27,31)(H,28,32). The number of carbonyl (C=O) groups excluding carboxylic acids is 2. The zero-order chi connectivity index (χ0) is 23.6. The van der Waals surface area contributed by atoms with Gasteiger partial charge in [0.05, 0.1) is 6.26 Å². The normalized spacial score (nSPS) is 14.5. The van der Waals surface area contributed by atoms with Crippen LogP contribution in [-0.2, 0) is 6.54 Å². The van der Waals surface area contributed by atoms with Crippen LogP contribution in [0.1, 0.15) is 57.0 Å². The SMILES string of the molecule is O=C(NCc1ccccc1)c1cn(C2CC2)cc(C(=O)NC(c2ccco2)C(F)(F)F)c1=O. The van der Waals surface area contributed by atoms with Crippen molar-refractivity contribution in [3.63, 3.8) is 0 Å². The minimum Gasteiger partial charge on any atom is -0.467 e. The number of hydrogen-bond acceptors (Lipinski definition) is 4. The number of nitrogens with zero attached hydrogens (tertiary/aromatic N) is 1. The fourth-order valence-corrected chi connectivity index (χ4v) is 3.36. The van der Waals surface area contributed by atoms with Crippen molar-refractivity contribution >= 4 is 11.8 Å². The zero-order valence-electron chi connectivity index (χ0n) is 17.3. The van der Waals surface area contributed by atoms with Crippen LogP contribution in [0.5, 0.6) is 0 Å². The fourth-order valence-electron chi connectivity index (χ4n) is 3.36. The van der Waals surface area contributed by atoms with Crippen molar-refractivity contribution in [1.29, 1.82) is 0 Å². The molecule has 1 unspecified atom stereocenters. The van der Waals surface area contributed by atoms with Gasteiger partial charge >= 0.3 is 6.18 Å². The first-order valence-electron chi connectivity index (χ1n) is 10.2. The number of carbonyl (C=O) groups is 2. The van der Waals surface area contributed by atoms with Gasteiger partial charge in [0, 0.05) is 25.0 Å². The smallest absolute Gasteiger partial charge is 0.415 e. The molecule has 1 atom stereocenters. The number of alkyl halides is 3. The number of nitrogens with one attached hydrogen (secondary N) is 2. The summed E-state index contributed by atoms with van der Waals surface area (Å²) in [6, 6.07) is 8.86. The second-order valence-corrected chi connectivity index (χ2v) is 7.72. The van der Waals surface area contributed by atoms with E-state index >= 15 is 0 Å². The van der Waals surface area contributed by atoms with Gasteiger partial charge < -0.3 is 19.6 Å². The lowest BCUT2D eigenvalue weighted by Gasteiger charge is -2.20. The van der Waals surface area contributed by atoms with Gasteiger partial charge in [0.25, 0.3) is 11.8 Å². The van der Waals surface area contributed by atoms with Crippen molar-refractivity contribution < 1.29 is 27.2 Å². The van der Waals surface area contributed by atoms with Gasteiger partial charge in [-0.25, -0.2) is 0 Å². The minimum atomic E-state index is -4.85. The Balaban J connectivity index is 1.62. The van der Waals surface area contributed by atoms with Crippen LogP contribution in [0.15, 0.2) is 70.3 Å². The first-order chi connectivity index (χ1) is 15.7. The summed E-state index contributed by atoms with van der Waals surface area (Å²) >= 11 is 0. The molecule has 7 nitrogen and oxygen atoms in total. The van der Waals surface area contributed by atoms with E-state index in [4.69, 9.17) is 4.42 Å². The Bertz CT molecular complexity index is 1200. The van der Waals surface area contributed by atoms with Crippen molar-refractivity contribution in [1.82, 2.24) is 15.2 Å². The molecule has 33 heavy (non-hydrogen) atoms. The van der Waals surface area contributed by atoms with Gasteiger partial charge in [0.1, 0.15) is 16.9 Å². The Kier molecular flexibility index (Phi) is 6.08. The Morgan fingerprint density at radius 2 is 1.70 bits per heavy atom. The topological polar surface area (TPSA) is 93.3 Å². The Hall–Kier alpha value is -3.82. The van der Waals surface area contributed by atoms with Gasteiger partial charge in [-0.15, -0.1) is 0 Å². The summed E-state index contributed by atoms with van der Waals surface area (Å²) in [6.45, 7) is 0.146. The predicted octanol–water partition coefficient (Wildman–Crippen LogP) is 3.74. The molecule has 1 aliphatic rings. The summed E-state index contributed by atoms with van der Waals surface area (Å²) in [4.78, 5) is 38.4. The molecule has 1 aromatic carbocycles. The molecule has 172 valence electrons. The fraction of sp³-hybridized carbons (Fsp3) is 0.261. The monoisotopic (exact) mass is 459 g/mol. The van der Waals surface area contributed by atoms with Crippen LogP contribution in [-0.4, -0.2) is 22.6 Å². The number of pyridine rings is 1. The number of aromatic nitrogens is 1. The molecule has 0 spiro atoms. The largest absolute Gasteiger partial charge is 0.467 e. The number of amides is 2. The first-order valence-corrected chi connectivity index (χ1v) is 10.2. The molecule has 3 aromatic rings. The second kappa shape index (κ2) is 8.97. The van der Waals surface area contributed by atoms with E-state index < -0.39 is 40.8 Å². The molecular formula is C23H20F3N3O4. The number of halogens is 3. The maximum Gasteiger partial charge on any atom is 0.415 e. The molecule has 0 saturated heterocycles. The van der Waals surface area contributed by atoms with Crippen LogP contribution in [0.25, 0.3) is 0 Å². The molecule has 4 rings (SSSR count). The molecule has 2 aromatic heterocycles. The van der Waals surface area contributed by atoms with Crippen LogP contribution >= 0.6 is 0 Å². The second-order valence-electron chi connectivity index (χ2n) is 7.72.